The maximum atomic E-state index is 14.2. The van der Waals surface area contributed by atoms with Gasteiger partial charge in [0.05, 0.1) is 17.5 Å². The summed E-state index contributed by atoms with van der Waals surface area (Å²) in [4.78, 5) is 43.4. The van der Waals surface area contributed by atoms with Crippen LogP contribution in [0.15, 0.2) is 42.5 Å². The van der Waals surface area contributed by atoms with E-state index in [2.05, 4.69) is 5.32 Å². The molecule has 152 valence electrons. The van der Waals surface area contributed by atoms with Crippen molar-refractivity contribution in [2.24, 2.45) is 11.8 Å². The van der Waals surface area contributed by atoms with Crippen molar-refractivity contribution in [3.63, 3.8) is 0 Å². The molecule has 0 unspecified atom stereocenters. The zero-order valence-corrected chi connectivity index (χ0v) is 15.8. The minimum Gasteiger partial charge on any atom is -0.324 e. The molecule has 3 saturated heterocycles. The van der Waals surface area contributed by atoms with Crippen molar-refractivity contribution in [2.45, 2.75) is 24.4 Å². The van der Waals surface area contributed by atoms with Crippen LogP contribution in [0, 0.1) is 23.5 Å². The molecule has 8 heteroatoms. The van der Waals surface area contributed by atoms with Crippen molar-refractivity contribution >= 4 is 29.1 Å². The van der Waals surface area contributed by atoms with Gasteiger partial charge in [-0.2, -0.15) is 0 Å². The van der Waals surface area contributed by atoms with Crippen molar-refractivity contribution in [2.75, 3.05) is 16.8 Å². The first-order valence-electron chi connectivity index (χ1n) is 9.96. The van der Waals surface area contributed by atoms with Crippen LogP contribution in [-0.4, -0.2) is 35.2 Å². The molecule has 30 heavy (non-hydrogen) atoms. The number of hydrogen-bond donors (Lipinski definition) is 1. The van der Waals surface area contributed by atoms with Crippen LogP contribution < -0.4 is 10.2 Å². The summed E-state index contributed by atoms with van der Waals surface area (Å²) in [6, 6.07) is 8.91. The predicted molar refractivity (Wildman–Crippen MR) is 102 cm³/mol. The highest BCUT2D eigenvalue weighted by Crippen LogP contribution is 2.60. The summed E-state index contributed by atoms with van der Waals surface area (Å²) in [5.41, 5.74) is -0.259. The van der Waals surface area contributed by atoms with Crippen LogP contribution in [0.1, 0.15) is 18.4 Å². The zero-order chi connectivity index (χ0) is 20.8. The number of carbonyl (C=O) groups is 3. The number of fused-ring (bicyclic) bond motifs is 7. The number of benzene rings is 2. The number of nitrogens with zero attached hydrogens (tertiary/aromatic N) is 2. The van der Waals surface area contributed by atoms with E-state index in [9.17, 15) is 23.2 Å². The van der Waals surface area contributed by atoms with E-state index in [0.717, 1.165) is 11.3 Å². The SMILES string of the molecule is O=C1[C@@H]2[C@@H]3CCCN3[C@@]3(C(=O)Nc4ccc(F)cc43)[C@H]2C(=O)N1c1ccc(F)cc1. The Morgan fingerprint density at radius 2 is 1.70 bits per heavy atom. The molecule has 0 aliphatic carbocycles. The lowest BCUT2D eigenvalue weighted by Crippen LogP contribution is -2.54. The van der Waals surface area contributed by atoms with Gasteiger partial charge >= 0.3 is 0 Å². The largest absolute Gasteiger partial charge is 0.324 e. The Morgan fingerprint density at radius 1 is 0.967 bits per heavy atom. The molecule has 1 spiro atoms. The summed E-state index contributed by atoms with van der Waals surface area (Å²) in [7, 11) is 0. The number of anilines is 2. The van der Waals surface area contributed by atoms with E-state index >= 15 is 0 Å². The first kappa shape index (κ1) is 17.7. The standard InChI is InChI=1S/C22H17F2N3O3/c23-11-3-6-13(7-4-11)27-19(28)17-16-2-1-9-26(16)22(18(17)20(27)29)14-10-12(24)5-8-15(14)25-21(22)30/h3-8,10,16-18H,1-2,9H2,(H,25,30)/t16-,17+,18+,22+/m0/s1. The minimum absolute atomic E-state index is 0.276. The van der Waals surface area contributed by atoms with Crippen LogP contribution >= 0.6 is 0 Å². The lowest BCUT2D eigenvalue weighted by Gasteiger charge is -2.36. The van der Waals surface area contributed by atoms with Gasteiger partial charge in [-0.05, 0) is 61.9 Å². The maximum absolute atomic E-state index is 14.2. The first-order valence-corrected chi connectivity index (χ1v) is 9.96. The molecule has 4 atom stereocenters. The molecule has 2 aromatic carbocycles. The molecule has 3 amide bonds. The molecule has 0 bridgehead atoms. The van der Waals surface area contributed by atoms with Crippen molar-refractivity contribution in [3.05, 3.63) is 59.7 Å². The summed E-state index contributed by atoms with van der Waals surface area (Å²) >= 11 is 0. The summed E-state index contributed by atoms with van der Waals surface area (Å²) in [5, 5.41) is 2.80. The Morgan fingerprint density at radius 3 is 2.47 bits per heavy atom. The van der Waals surface area contributed by atoms with Crippen LogP contribution in [0.5, 0.6) is 0 Å². The minimum atomic E-state index is -1.41. The first-order chi connectivity index (χ1) is 14.4. The smallest absolute Gasteiger partial charge is 0.250 e. The topological polar surface area (TPSA) is 69.7 Å². The fraction of sp³-hybridized carbons (Fsp3) is 0.318. The highest BCUT2D eigenvalue weighted by atomic mass is 19.1. The molecule has 0 aromatic heterocycles. The summed E-state index contributed by atoms with van der Waals surface area (Å²) in [6.07, 6.45) is 1.46. The van der Waals surface area contributed by atoms with Gasteiger partial charge in [0.25, 0.3) is 0 Å². The van der Waals surface area contributed by atoms with E-state index in [-0.39, 0.29) is 17.6 Å². The van der Waals surface area contributed by atoms with E-state index in [1.807, 2.05) is 4.90 Å². The summed E-state index contributed by atoms with van der Waals surface area (Å²) in [5.74, 6) is -3.92. The Labute approximate surface area is 170 Å². The van der Waals surface area contributed by atoms with Crippen molar-refractivity contribution < 1.29 is 23.2 Å². The van der Waals surface area contributed by atoms with E-state index in [4.69, 9.17) is 0 Å². The Bertz CT molecular complexity index is 1130. The van der Waals surface area contributed by atoms with Crippen LogP contribution in [0.2, 0.25) is 0 Å². The van der Waals surface area contributed by atoms with Gasteiger partial charge in [0.1, 0.15) is 17.2 Å². The van der Waals surface area contributed by atoms with Gasteiger partial charge in [-0.3, -0.25) is 19.3 Å². The average molecular weight is 409 g/mol. The number of hydrogen-bond acceptors (Lipinski definition) is 4. The van der Waals surface area contributed by atoms with Gasteiger partial charge in [-0.1, -0.05) is 0 Å². The molecule has 6 nitrogen and oxygen atoms in total. The van der Waals surface area contributed by atoms with Crippen molar-refractivity contribution in [1.29, 1.82) is 0 Å². The molecule has 4 heterocycles. The zero-order valence-electron chi connectivity index (χ0n) is 15.8. The lowest BCUT2D eigenvalue weighted by molar-refractivity contribution is -0.135. The third kappa shape index (κ3) is 1.92. The fourth-order valence-corrected chi connectivity index (χ4v) is 6.02. The van der Waals surface area contributed by atoms with E-state index in [0.29, 0.717) is 24.2 Å². The number of nitrogens with one attached hydrogen (secondary N) is 1. The molecular weight excluding hydrogens is 392 g/mol. The second-order valence-electron chi connectivity index (χ2n) is 8.31. The van der Waals surface area contributed by atoms with Gasteiger partial charge < -0.3 is 5.32 Å². The fourth-order valence-electron chi connectivity index (χ4n) is 6.02. The highest BCUT2D eigenvalue weighted by molar-refractivity contribution is 6.25. The molecule has 3 fully saturated rings. The molecule has 0 radical (unpaired) electrons. The van der Waals surface area contributed by atoms with Crippen molar-refractivity contribution in [1.82, 2.24) is 4.90 Å². The molecule has 4 aliphatic heterocycles. The van der Waals surface area contributed by atoms with Crippen LogP contribution in [0.4, 0.5) is 20.2 Å². The quantitative estimate of drug-likeness (QED) is 0.735. The number of halogens is 2. The number of imide groups is 1. The Hall–Kier alpha value is -3.13. The van der Waals surface area contributed by atoms with E-state index in [1.165, 1.54) is 42.5 Å². The third-order valence-corrected chi connectivity index (χ3v) is 7.04. The van der Waals surface area contributed by atoms with Gasteiger partial charge in [0, 0.05) is 17.3 Å². The maximum Gasteiger partial charge on any atom is 0.250 e. The van der Waals surface area contributed by atoms with Gasteiger partial charge in [-0.25, -0.2) is 13.7 Å². The molecule has 6 rings (SSSR count). The van der Waals surface area contributed by atoms with Crippen LogP contribution in [0.25, 0.3) is 0 Å². The summed E-state index contributed by atoms with van der Waals surface area (Å²) < 4.78 is 27.6. The van der Waals surface area contributed by atoms with Crippen LogP contribution in [0.3, 0.4) is 0 Å². The normalized spacial score (nSPS) is 32.0. The molecule has 2 aromatic rings. The van der Waals surface area contributed by atoms with E-state index in [1.54, 1.807) is 0 Å². The van der Waals surface area contributed by atoms with Crippen molar-refractivity contribution in [3.8, 4) is 0 Å². The molecule has 0 saturated carbocycles. The van der Waals surface area contributed by atoms with E-state index < -0.39 is 40.8 Å². The highest BCUT2D eigenvalue weighted by Gasteiger charge is 2.74. The molecule has 1 N–H and O–H groups in total. The average Bonchev–Trinajstić information content (AvgIpc) is 3.42. The van der Waals surface area contributed by atoms with Gasteiger partial charge in [-0.15, -0.1) is 0 Å². The number of rotatable bonds is 1. The third-order valence-electron chi connectivity index (χ3n) is 7.04. The van der Waals surface area contributed by atoms with Gasteiger partial charge in [0.15, 0.2) is 0 Å². The van der Waals surface area contributed by atoms with Gasteiger partial charge in [0.2, 0.25) is 17.7 Å². The second kappa shape index (κ2) is 5.72. The molecule has 4 aliphatic rings. The monoisotopic (exact) mass is 409 g/mol. The predicted octanol–water partition coefficient (Wildman–Crippen LogP) is 2.40. The Balaban J connectivity index is 1.56. The Kier molecular flexibility index (Phi) is 3.38. The van der Waals surface area contributed by atoms with Crippen LogP contribution in [-0.2, 0) is 19.9 Å². The number of carbonyl (C=O) groups excluding carboxylic acids is 3. The molecular formula is C22H17F2N3O3. The number of amides is 3. The summed E-state index contributed by atoms with van der Waals surface area (Å²) in [6.45, 7) is 0.554. The second-order valence-corrected chi connectivity index (χ2v) is 8.31. The lowest BCUT2D eigenvalue weighted by atomic mass is 9.75.